The molecule has 5 nitrogen and oxygen atoms in total. The molecular formula is C12H24N4OS. The molecule has 0 fully saturated rings. The zero-order valence-electron chi connectivity index (χ0n) is 11.7. The largest absolute Gasteiger partial charge is 0.343 e. The van der Waals surface area contributed by atoms with E-state index in [1.54, 1.807) is 16.3 Å². The van der Waals surface area contributed by atoms with Crippen molar-refractivity contribution in [2.75, 3.05) is 12.8 Å². The van der Waals surface area contributed by atoms with E-state index in [9.17, 15) is 4.79 Å². The molecule has 0 radical (unpaired) electrons. The average Bonchev–Trinajstić information content (AvgIpc) is 2.72. The van der Waals surface area contributed by atoms with E-state index in [-0.39, 0.29) is 5.69 Å². The molecule has 0 aromatic carbocycles. The van der Waals surface area contributed by atoms with Gasteiger partial charge in [-0.05, 0) is 19.4 Å². The third-order valence-electron chi connectivity index (χ3n) is 3.26. The van der Waals surface area contributed by atoms with Crippen LogP contribution in [-0.2, 0) is 6.54 Å². The van der Waals surface area contributed by atoms with Gasteiger partial charge in [-0.3, -0.25) is 4.57 Å². The number of hydrogen-bond donors (Lipinski definition) is 2. The summed E-state index contributed by atoms with van der Waals surface area (Å²) < 4.78 is 1.72. The molecule has 0 aliphatic rings. The highest BCUT2D eigenvalue weighted by Gasteiger charge is 2.16. The second-order valence-electron chi connectivity index (χ2n) is 4.55. The topological polar surface area (TPSA) is 62.7 Å². The zero-order valence-corrected chi connectivity index (χ0v) is 12.5. The number of nitrogens with one attached hydrogen (secondary N) is 2. The van der Waals surface area contributed by atoms with Gasteiger partial charge >= 0.3 is 5.69 Å². The molecule has 18 heavy (non-hydrogen) atoms. The number of aromatic nitrogens is 3. The van der Waals surface area contributed by atoms with Crippen LogP contribution < -0.4 is 11.0 Å². The molecule has 1 rings (SSSR count). The summed E-state index contributed by atoms with van der Waals surface area (Å²) in [6.45, 7) is 7.22. The molecule has 2 N–H and O–H groups in total. The Kier molecular flexibility index (Phi) is 6.49. The summed E-state index contributed by atoms with van der Waals surface area (Å²) in [6.07, 6.45) is 2.09. The Morgan fingerprint density at radius 2 is 2.22 bits per heavy atom. The van der Waals surface area contributed by atoms with Crippen molar-refractivity contribution in [3.05, 3.63) is 10.5 Å². The van der Waals surface area contributed by atoms with Crippen LogP contribution in [0.2, 0.25) is 0 Å². The van der Waals surface area contributed by atoms with Gasteiger partial charge in [-0.25, -0.2) is 9.89 Å². The first kappa shape index (κ1) is 15.3. The van der Waals surface area contributed by atoms with Crippen LogP contribution in [0.15, 0.2) is 9.95 Å². The van der Waals surface area contributed by atoms with E-state index in [0.29, 0.717) is 12.0 Å². The van der Waals surface area contributed by atoms with Gasteiger partial charge in [0.15, 0.2) is 5.16 Å². The Morgan fingerprint density at radius 1 is 1.50 bits per heavy atom. The SMILES string of the molecule is CCCn1c(SCC(NC)C(C)CC)n[nH]c1=O. The molecular weight excluding hydrogens is 248 g/mol. The number of aromatic amines is 1. The Hall–Kier alpha value is -0.750. The fourth-order valence-corrected chi connectivity index (χ4v) is 3.08. The van der Waals surface area contributed by atoms with Crippen LogP contribution in [0.25, 0.3) is 0 Å². The van der Waals surface area contributed by atoms with Crippen LogP contribution in [0.5, 0.6) is 0 Å². The van der Waals surface area contributed by atoms with Crippen molar-refractivity contribution in [3.8, 4) is 0 Å². The first-order valence-electron chi connectivity index (χ1n) is 6.59. The fourth-order valence-electron chi connectivity index (χ4n) is 1.82. The van der Waals surface area contributed by atoms with Crippen molar-refractivity contribution in [2.24, 2.45) is 5.92 Å². The second kappa shape index (κ2) is 7.63. The molecule has 0 aliphatic heterocycles. The maximum atomic E-state index is 11.6. The average molecular weight is 272 g/mol. The summed E-state index contributed by atoms with van der Waals surface area (Å²) in [5.74, 6) is 1.55. The quantitative estimate of drug-likeness (QED) is 0.707. The monoisotopic (exact) mass is 272 g/mol. The van der Waals surface area contributed by atoms with Crippen molar-refractivity contribution in [1.82, 2.24) is 20.1 Å². The van der Waals surface area contributed by atoms with Crippen molar-refractivity contribution in [2.45, 2.75) is 51.4 Å². The van der Waals surface area contributed by atoms with Crippen LogP contribution in [0.4, 0.5) is 0 Å². The van der Waals surface area contributed by atoms with E-state index < -0.39 is 0 Å². The van der Waals surface area contributed by atoms with Gasteiger partial charge in [0.2, 0.25) is 0 Å². The van der Waals surface area contributed by atoms with E-state index in [0.717, 1.165) is 30.3 Å². The van der Waals surface area contributed by atoms with Crippen molar-refractivity contribution >= 4 is 11.8 Å². The second-order valence-corrected chi connectivity index (χ2v) is 5.54. The van der Waals surface area contributed by atoms with Gasteiger partial charge in [0.25, 0.3) is 0 Å². The summed E-state index contributed by atoms with van der Waals surface area (Å²) in [5.41, 5.74) is -0.108. The van der Waals surface area contributed by atoms with Gasteiger partial charge in [0, 0.05) is 18.3 Å². The van der Waals surface area contributed by atoms with E-state index >= 15 is 0 Å². The number of thioether (sulfide) groups is 1. The highest BCUT2D eigenvalue weighted by Crippen LogP contribution is 2.19. The smallest absolute Gasteiger partial charge is 0.316 e. The predicted octanol–water partition coefficient (Wildman–Crippen LogP) is 1.71. The summed E-state index contributed by atoms with van der Waals surface area (Å²) in [7, 11) is 1.99. The van der Waals surface area contributed by atoms with Gasteiger partial charge in [0.05, 0.1) is 0 Å². The third kappa shape index (κ3) is 3.88. The van der Waals surface area contributed by atoms with Gasteiger partial charge < -0.3 is 5.32 Å². The summed E-state index contributed by atoms with van der Waals surface area (Å²) in [6, 6.07) is 0.446. The minimum Gasteiger partial charge on any atom is -0.316 e. The van der Waals surface area contributed by atoms with Gasteiger partial charge in [-0.2, -0.15) is 0 Å². The molecule has 0 aliphatic carbocycles. The first-order valence-corrected chi connectivity index (χ1v) is 7.57. The number of hydrogen-bond acceptors (Lipinski definition) is 4. The first-order chi connectivity index (χ1) is 8.63. The lowest BCUT2D eigenvalue weighted by Crippen LogP contribution is -2.34. The lowest BCUT2D eigenvalue weighted by molar-refractivity contribution is 0.420. The van der Waals surface area contributed by atoms with Crippen LogP contribution in [0.1, 0.15) is 33.6 Å². The van der Waals surface area contributed by atoms with Crippen molar-refractivity contribution < 1.29 is 0 Å². The normalized spacial score (nSPS) is 14.7. The van der Waals surface area contributed by atoms with E-state index in [1.807, 2.05) is 7.05 Å². The predicted molar refractivity (Wildman–Crippen MR) is 76.2 cm³/mol. The highest BCUT2D eigenvalue weighted by molar-refractivity contribution is 7.99. The van der Waals surface area contributed by atoms with Crippen LogP contribution in [0.3, 0.4) is 0 Å². The molecule has 0 amide bonds. The highest BCUT2D eigenvalue weighted by atomic mass is 32.2. The van der Waals surface area contributed by atoms with Gasteiger partial charge in [0.1, 0.15) is 0 Å². The Bertz CT molecular complexity index is 401. The Morgan fingerprint density at radius 3 is 2.78 bits per heavy atom. The van der Waals surface area contributed by atoms with Crippen LogP contribution >= 0.6 is 11.8 Å². The summed E-state index contributed by atoms with van der Waals surface area (Å²) in [5, 5.41) is 10.7. The minimum atomic E-state index is -0.108. The maximum Gasteiger partial charge on any atom is 0.343 e. The molecule has 1 heterocycles. The number of H-pyrrole nitrogens is 1. The van der Waals surface area contributed by atoms with Crippen LogP contribution in [-0.4, -0.2) is 33.6 Å². The van der Waals surface area contributed by atoms with Crippen LogP contribution in [0, 0.1) is 5.92 Å². The molecule has 2 unspecified atom stereocenters. The zero-order chi connectivity index (χ0) is 13.5. The molecule has 0 saturated heterocycles. The molecule has 1 aromatic rings. The molecule has 2 atom stereocenters. The van der Waals surface area contributed by atoms with Gasteiger partial charge in [-0.15, -0.1) is 5.10 Å². The number of rotatable bonds is 8. The van der Waals surface area contributed by atoms with Crippen molar-refractivity contribution in [1.29, 1.82) is 0 Å². The summed E-state index contributed by atoms with van der Waals surface area (Å²) in [4.78, 5) is 11.6. The lowest BCUT2D eigenvalue weighted by Gasteiger charge is -2.21. The Balaban J connectivity index is 2.64. The Labute approximate surface area is 113 Å². The molecule has 6 heteroatoms. The standard InChI is InChI=1S/C12H24N4OS/c1-5-7-16-11(17)14-15-12(16)18-8-10(13-4)9(3)6-2/h9-10,13H,5-8H2,1-4H3,(H,14,17). The third-order valence-corrected chi connectivity index (χ3v) is 4.36. The van der Waals surface area contributed by atoms with Gasteiger partial charge in [-0.1, -0.05) is 39.0 Å². The molecule has 1 aromatic heterocycles. The molecule has 104 valence electrons. The molecule has 0 bridgehead atoms. The molecule has 0 saturated carbocycles. The molecule has 0 spiro atoms. The van der Waals surface area contributed by atoms with E-state index in [4.69, 9.17) is 0 Å². The lowest BCUT2D eigenvalue weighted by atomic mass is 10.0. The maximum absolute atomic E-state index is 11.6. The van der Waals surface area contributed by atoms with E-state index in [1.165, 1.54) is 0 Å². The fraction of sp³-hybridized carbons (Fsp3) is 0.833. The minimum absolute atomic E-state index is 0.108. The van der Waals surface area contributed by atoms with Crippen molar-refractivity contribution in [3.63, 3.8) is 0 Å². The number of nitrogens with zero attached hydrogens (tertiary/aromatic N) is 2. The summed E-state index contributed by atoms with van der Waals surface area (Å²) >= 11 is 1.64. The van der Waals surface area contributed by atoms with E-state index in [2.05, 4.69) is 36.3 Å².